The number of thioether (sulfide) groups is 1. The van der Waals surface area contributed by atoms with Crippen LogP contribution in [0.15, 0.2) is 84.0 Å². The summed E-state index contributed by atoms with van der Waals surface area (Å²) in [6.07, 6.45) is 0. The molecule has 0 saturated carbocycles. The van der Waals surface area contributed by atoms with Crippen LogP contribution in [-0.2, 0) is 16.1 Å². The Morgan fingerprint density at radius 2 is 1.53 bits per heavy atom. The number of nitrogens with one attached hydrogen (secondary N) is 2. The van der Waals surface area contributed by atoms with Crippen LogP contribution >= 0.6 is 11.8 Å². The first-order chi connectivity index (χ1) is 16.5. The number of carbonyl (C=O) groups excluding carboxylic acids is 2. The number of hydrogen-bond donors (Lipinski definition) is 2. The first kappa shape index (κ1) is 23.2. The summed E-state index contributed by atoms with van der Waals surface area (Å²) in [6, 6.07) is 23.0. The second kappa shape index (κ2) is 10.8. The minimum Gasteiger partial charge on any atom is -0.326 e. The van der Waals surface area contributed by atoms with Crippen LogP contribution in [0.2, 0.25) is 0 Å². The summed E-state index contributed by atoms with van der Waals surface area (Å²) >= 11 is 1.22. The Balaban J connectivity index is 1.49. The van der Waals surface area contributed by atoms with Gasteiger partial charge in [-0.3, -0.25) is 14.2 Å². The van der Waals surface area contributed by atoms with E-state index in [1.807, 2.05) is 34.9 Å². The van der Waals surface area contributed by atoms with Crippen LogP contribution in [-0.4, -0.2) is 32.3 Å². The molecule has 34 heavy (non-hydrogen) atoms. The number of carbonyl (C=O) groups is 2. The second-order valence-electron chi connectivity index (χ2n) is 7.45. The van der Waals surface area contributed by atoms with E-state index in [0.717, 1.165) is 5.56 Å². The number of halogens is 1. The van der Waals surface area contributed by atoms with Crippen LogP contribution in [0.25, 0.3) is 11.4 Å². The maximum atomic E-state index is 14.5. The van der Waals surface area contributed by atoms with Gasteiger partial charge >= 0.3 is 0 Å². The standard InChI is InChI=1S/C25H22FN5O2S/c1-17(32)27-19-11-13-20(14-12-19)28-23(33)16-34-25-30-29-24(21-9-5-6-10-22(21)26)31(25)15-18-7-3-2-4-8-18/h2-14H,15-16H2,1H3,(H,27,32)(H,28,33). The van der Waals surface area contributed by atoms with Gasteiger partial charge in [0.1, 0.15) is 5.82 Å². The Morgan fingerprint density at radius 1 is 0.882 bits per heavy atom. The fourth-order valence-electron chi connectivity index (χ4n) is 3.31. The van der Waals surface area contributed by atoms with Gasteiger partial charge in [0.2, 0.25) is 11.8 Å². The molecule has 0 aliphatic rings. The molecule has 4 rings (SSSR count). The van der Waals surface area contributed by atoms with Crippen molar-refractivity contribution >= 4 is 35.0 Å². The highest BCUT2D eigenvalue weighted by molar-refractivity contribution is 7.99. The van der Waals surface area contributed by atoms with Crippen molar-refractivity contribution in [1.82, 2.24) is 14.8 Å². The molecular weight excluding hydrogens is 453 g/mol. The summed E-state index contributed by atoms with van der Waals surface area (Å²) < 4.78 is 16.3. The summed E-state index contributed by atoms with van der Waals surface area (Å²) in [5.41, 5.74) is 2.61. The summed E-state index contributed by atoms with van der Waals surface area (Å²) in [4.78, 5) is 23.7. The minimum atomic E-state index is -0.388. The zero-order valence-corrected chi connectivity index (χ0v) is 19.2. The van der Waals surface area contributed by atoms with Gasteiger partial charge < -0.3 is 10.6 Å². The molecule has 0 radical (unpaired) electrons. The molecule has 7 nitrogen and oxygen atoms in total. The molecule has 172 valence electrons. The predicted molar refractivity (Wildman–Crippen MR) is 131 cm³/mol. The third-order valence-corrected chi connectivity index (χ3v) is 5.80. The highest BCUT2D eigenvalue weighted by atomic mass is 32.2. The van der Waals surface area contributed by atoms with Crippen LogP contribution < -0.4 is 10.6 Å². The van der Waals surface area contributed by atoms with Gasteiger partial charge in [-0.1, -0.05) is 54.2 Å². The van der Waals surface area contributed by atoms with Crippen molar-refractivity contribution in [3.05, 3.63) is 90.2 Å². The number of benzene rings is 3. The summed E-state index contributed by atoms with van der Waals surface area (Å²) in [5.74, 6) is -0.279. The highest BCUT2D eigenvalue weighted by Gasteiger charge is 2.18. The van der Waals surface area contributed by atoms with Gasteiger partial charge in [-0.05, 0) is 42.0 Å². The zero-order chi connectivity index (χ0) is 23.9. The Kier molecular flexibility index (Phi) is 7.34. The maximum Gasteiger partial charge on any atom is 0.234 e. The lowest BCUT2D eigenvalue weighted by Crippen LogP contribution is -2.15. The van der Waals surface area contributed by atoms with Crippen molar-refractivity contribution in [2.45, 2.75) is 18.6 Å². The van der Waals surface area contributed by atoms with E-state index in [4.69, 9.17) is 0 Å². The average Bonchev–Trinajstić information content (AvgIpc) is 3.22. The lowest BCUT2D eigenvalue weighted by atomic mass is 10.2. The molecule has 0 unspecified atom stereocenters. The molecule has 0 aliphatic carbocycles. The molecule has 2 N–H and O–H groups in total. The SMILES string of the molecule is CC(=O)Nc1ccc(NC(=O)CSc2nnc(-c3ccccc3F)n2Cc2ccccc2)cc1. The fraction of sp³-hybridized carbons (Fsp3) is 0.120. The molecular formula is C25H22FN5O2S. The Bertz CT molecular complexity index is 1290. The van der Waals surface area contributed by atoms with Crippen molar-refractivity contribution in [2.75, 3.05) is 16.4 Å². The van der Waals surface area contributed by atoms with Gasteiger partial charge in [-0.25, -0.2) is 4.39 Å². The molecule has 0 spiro atoms. The third kappa shape index (κ3) is 5.87. The smallest absolute Gasteiger partial charge is 0.234 e. The van der Waals surface area contributed by atoms with Crippen LogP contribution in [0.1, 0.15) is 12.5 Å². The molecule has 0 fully saturated rings. The molecule has 0 bridgehead atoms. The maximum absolute atomic E-state index is 14.5. The van der Waals surface area contributed by atoms with Crippen molar-refractivity contribution < 1.29 is 14.0 Å². The number of hydrogen-bond acceptors (Lipinski definition) is 5. The van der Waals surface area contributed by atoms with Crippen LogP contribution in [0.5, 0.6) is 0 Å². The number of nitrogens with zero attached hydrogens (tertiary/aromatic N) is 3. The van der Waals surface area contributed by atoms with E-state index in [0.29, 0.717) is 34.5 Å². The molecule has 0 aliphatic heterocycles. The van der Waals surface area contributed by atoms with Gasteiger partial charge in [0.25, 0.3) is 0 Å². The minimum absolute atomic E-state index is 0.0949. The Labute approximate surface area is 200 Å². The van der Waals surface area contributed by atoms with Crippen LogP contribution in [0.4, 0.5) is 15.8 Å². The topological polar surface area (TPSA) is 88.9 Å². The number of rotatable bonds is 8. The first-order valence-corrected chi connectivity index (χ1v) is 11.5. The lowest BCUT2D eigenvalue weighted by molar-refractivity contribution is -0.114. The lowest BCUT2D eigenvalue weighted by Gasteiger charge is -2.11. The normalized spacial score (nSPS) is 10.6. The highest BCUT2D eigenvalue weighted by Crippen LogP contribution is 2.27. The van der Waals surface area contributed by atoms with Gasteiger partial charge in [0.15, 0.2) is 11.0 Å². The van der Waals surface area contributed by atoms with E-state index in [1.165, 1.54) is 24.8 Å². The number of aromatic nitrogens is 3. The first-order valence-electron chi connectivity index (χ1n) is 10.5. The van der Waals surface area contributed by atoms with Crippen molar-refractivity contribution in [1.29, 1.82) is 0 Å². The van der Waals surface area contributed by atoms with Crippen LogP contribution in [0, 0.1) is 5.82 Å². The largest absolute Gasteiger partial charge is 0.326 e. The predicted octanol–water partition coefficient (Wildman–Crippen LogP) is 4.82. The van der Waals surface area contributed by atoms with Crippen molar-refractivity contribution in [2.24, 2.45) is 0 Å². The summed E-state index contributed by atoms with van der Waals surface area (Å²) in [7, 11) is 0. The van der Waals surface area contributed by atoms with E-state index in [-0.39, 0.29) is 23.4 Å². The monoisotopic (exact) mass is 475 g/mol. The molecule has 1 aromatic heterocycles. The third-order valence-electron chi connectivity index (χ3n) is 4.84. The average molecular weight is 476 g/mol. The molecule has 1 heterocycles. The van der Waals surface area contributed by atoms with E-state index in [1.54, 1.807) is 42.5 Å². The second-order valence-corrected chi connectivity index (χ2v) is 8.40. The van der Waals surface area contributed by atoms with E-state index >= 15 is 0 Å². The molecule has 4 aromatic rings. The van der Waals surface area contributed by atoms with Crippen molar-refractivity contribution in [3.8, 4) is 11.4 Å². The number of amides is 2. The molecule has 9 heteroatoms. The molecule has 2 amide bonds. The summed E-state index contributed by atoms with van der Waals surface area (Å²) in [6.45, 7) is 1.87. The van der Waals surface area contributed by atoms with Crippen LogP contribution in [0.3, 0.4) is 0 Å². The molecule has 0 saturated heterocycles. The van der Waals surface area contributed by atoms with Gasteiger partial charge in [-0.2, -0.15) is 0 Å². The van der Waals surface area contributed by atoms with E-state index < -0.39 is 0 Å². The van der Waals surface area contributed by atoms with Gasteiger partial charge in [0, 0.05) is 18.3 Å². The van der Waals surface area contributed by atoms with E-state index in [9.17, 15) is 14.0 Å². The van der Waals surface area contributed by atoms with Crippen molar-refractivity contribution in [3.63, 3.8) is 0 Å². The summed E-state index contributed by atoms with van der Waals surface area (Å²) in [5, 5.41) is 14.5. The zero-order valence-electron chi connectivity index (χ0n) is 18.4. The quantitative estimate of drug-likeness (QED) is 0.357. The number of anilines is 2. The molecule has 3 aromatic carbocycles. The van der Waals surface area contributed by atoms with Gasteiger partial charge in [0.05, 0.1) is 17.9 Å². The molecule has 0 atom stereocenters. The van der Waals surface area contributed by atoms with Gasteiger partial charge in [-0.15, -0.1) is 10.2 Å². The Hall–Kier alpha value is -3.98. The fourth-order valence-corrected chi connectivity index (χ4v) is 4.05. The van der Waals surface area contributed by atoms with E-state index in [2.05, 4.69) is 20.8 Å². The Morgan fingerprint density at radius 3 is 2.21 bits per heavy atom.